The van der Waals surface area contributed by atoms with Crippen molar-refractivity contribution in [2.75, 3.05) is 47.1 Å². The fourth-order valence-corrected chi connectivity index (χ4v) is 2.07. The third kappa shape index (κ3) is 11.5. The number of para-hydroxylation sites is 1. The van der Waals surface area contributed by atoms with Crippen molar-refractivity contribution in [2.24, 2.45) is 10.9 Å². The minimum atomic E-state index is 0. The van der Waals surface area contributed by atoms with Gasteiger partial charge in [-0.3, -0.25) is 4.99 Å². The number of hydrogen-bond donors (Lipinski definition) is 2. The van der Waals surface area contributed by atoms with E-state index in [9.17, 15) is 0 Å². The van der Waals surface area contributed by atoms with E-state index in [2.05, 4.69) is 35.5 Å². The third-order valence-corrected chi connectivity index (χ3v) is 3.40. The van der Waals surface area contributed by atoms with Crippen LogP contribution in [0.2, 0.25) is 0 Å². The van der Waals surface area contributed by atoms with E-state index in [4.69, 9.17) is 14.2 Å². The molecule has 0 spiro atoms. The van der Waals surface area contributed by atoms with Crippen LogP contribution in [-0.4, -0.2) is 53.1 Å². The fourth-order valence-electron chi connectivity index (χ4n) is 2.07. The van der Waals surface area contributed by atoms with Crippen LogP contribution in [0.3, 0.4) is 0 Å². The highest BCUT2D eigenvalue weighted by Crippen LogP contribution is 2.18. The van der Waals surface area contributed by atoms with Gasteiger partial charge < -0.3 is 24.8 Å². The van der Waals surface area contributed by atoms with E-state index in [1.807, 2.05) is 18.2 Å². The van der Waals surface area contributed by atoms with Crippen LogP contribution in [0.25, 0.3) is 0 Å². The lowest BCUT2D eigenvalue weighted by atomic mass is 10.2. The molecule has 1 aromatic carbocycles. The van der Waals surface area contributed by atoms with Crippen molar-refractivity contribution >= 4 is 29.9 Å². The normalized spacial score (nSPS) is 11.2. The molecule has 6 nitrogen and oxygen atoms in total. The molecule has 0 saturated carbocycles. The maximum absolute atomic E-state index is 5.88. The van der Waals surface area contributed by atoms with E-state index < -0.39 is 0 Å². The molecule has 150 valence electrons. The molecule has 0 fully saturated rings. The third-order valence-electron chi connectivity index (χ3n) is 3.40. The van der Waals surface area contributed by atoms with Crippen LogP contribution in [0, 0.1) is 5.92 Å². The van der Waals surface area contributed by atoms with Crippen LogP contribution >= 0.6 is 24.0 Å². The minimum Gasteiger partial charge on any atom is -0.493 e. The Labute approximate surface area is 175 Å². The minimum absolute atomic E-state index is 0. The summed E-state index contributed by atoms with van der Waals surface area (Å²) in [5, 5.41) is 6.61. The lowest BCUT2D eigenvalue weighted by Crippen LogP contribution is -2.37. The zero-order chi connectivity index (χ0) is 18.3. The van der Waals surface area contributed by atoms with Gasteiger partial charge in [-0.2, -0.15) is 0 Å². The number of nitrogens with one attached hydrogen (secondary N) is 2. The van der Waals surface area contributed by atoms with Gasteiger partial charge in [0.15, 0.2) is 5.96 Å². The molecule has 1 rings (SSSR count). The summed E-state index contributed by atoms with van der Waals surface area (Å²) < 4.78 is 16.3. The highest BCUT2D eigenvalue weighted by Gasteiger charge is 2.05. The van der Waals surface area contributed by atoms with E-state index in [0.717, 1.165) is 30.2 Å². The van der Waals surface area contributed by atoms with Gasteiger partial charge in [0.2, 0.25) is 0 Å². The Hall–Kier alpha value is -1.06. The van der Waals surface area contributed by atoms with Crippen LogP contribution in [0.5, 0.6) is 5.75 Å². The molecule has 0 atom stereocenters. The van der Waals surface area contributed by atoms with Gasteiger partial charge in [0.1, 0.15) is 5.75 Å². The molecule has 0 aliphatic heterocycles. The summed E-state index contributed by atoms with van der Waals surface area (Å²) in [6, 6.07) is 8.09. The molecule has 7 heteroatoms. The van der Waals surface area contributed by atoms with Gasteiger partial charge in [0.05, 0.1) is 19.8 Å². The van der Waals surface area contributed by atoms with Gasteiger partial charge in [0, 0.05) is 39.4 Å². The summed E-state index contributed by atoms with van der Waals surface area (Å²) >= 11 is 0. The molecule has 0 bridgehead atoms. The predicted octanol–water partition coefficient (Wildman–Crippen LogP) is 3.06. The Morgan fingerprint density at radius 1 is 1.12 bits per heavy atom. The smallest absolute Gasteiger partial charge is 0.191 e. The molecule has 0 radical (unpaired) electrons. The summed E-state index contributed by atoms with van der Waals surface area (Å²) in [6.45, 7) is 8.45. The second-order valence-corrected chi connectivity index (χ2v) is 6.12. The Morgan fingerprint density at radius 3 is 2.58 bits per heavy atom. The zero-order valence-corrected chi connectivity index (χ0v) is 18.7. The quantitative estimate of drug-likeness (QED) is 0.209. The zero-order valence-electron chi connectivity index (χ0n) is 16.4. The highest BCUT2D eigenvalue weighted by molar-refractivity contribution is 14.0. The monoisotopic (exact) mass is 479 g/mol. The topological polar surface area (TPSA) is 64.1 Å². The van der Waals surface area contributed by atoms with E-state index >= 15 is 0 Å². The summed E-state index contributed by atoms with van der Waals surface area (Å²) in [5.41, 5.74) is 1.12. The Kier molecular flexibility index (Phi) is 15.5. The first-order chi connectivity index (χ1) is 12.2. The van der Waals surface area contributed by atoms with Gasteiger partial charge in [-0.1, -0.05) is 32.0 Å². The number of nitrogens with zero attached hydrogens (tertiary/aromatic N) is 1. The van der Waals surface area contributed by atoms with Crippen molar-refractivity contribution in [1.82, 2.24) is 10.6 Å². The number of benzene rings is 1. The molecule has 0 heterocycles. The number of hydrogen-bond acceptors (Lipinski definition) is 4. The van der Waals surface area contributed by atoms with Crippen LogP contribution in [0.1, 0.15) is 25.8 Å². The first kappa shape index (κ1) is 24.9. The lowest BCUT2D eigenvalue weighted by molar-refractivity contribution is 0.0698. The molecule has 0 saturated heterocycles. The fraction of sp³-hybridized carbons (Fsp3) is 0.632. The second-order valence-electron chi connectivity index (χ2n) is 6.12. The van der Waals surface area contributed by atoms with Crippen molar-refractivity contribution < 1.29 is 14.2 Å². The molecular weight excluding hydrogens is 445 g/mol. The Balaban J connectivity index is 0.00000625. The largest absolute Gasteiger partial charge is 0.493 e. The number of guanidine groups is 1. The van der Waals surface area contributed by atoms with Gasteiger partial charge in [-0.15, -0.1) is 24.0 Å². The molecule has 0 amide bonds. The van der Waals surface area contributed by atoms with Gasteiger partial charge >= 0.3 is 0 Å². The van der Waals surface area contributed by atoms with E-state index in [1.165, 1.54) is 0 Å². The van der Waals surface area contributed by atoms with Crippen LogP contribution in [0.15, 0.2) is 29.3 Å². The maximum Gasteiger partial charge on any atom is 0.191 e. The maximum atomic E-state index is 5.88. The Morgan fingerprint density at radius 2 is 1.88 bits per heavy atom. The van der Waals surface area contributed by atoms with Crippen molar-refractivity contribution in [3.8, 4) is 5.75 Å². The van der Waals surface area contributed by atoms with Gasteiger partial charge in [-0.25, -0.2) is 0 Å². The number of rotatable bonds is 12. The highest BCUT2D eigenvalue weighted by atomic mass is 127. The number of ether oxygens (including phenoxy) is 3. The SMILES string of the molecule is CN=C(NCCCOCCOC)NCc1ccccc1OCC(C)C.I. The first-order valence-electron chi connectivity index (χ1n) is 8.89. The van der Waals surface area contributed by atoms with E-state index in [-0.39, 0.29) is 24.0 Å². The van der Waals surface area contributed by atoms with E-state index in [1.54, 1.807) is 14.2 Å². The molecule has 0 aliphatic carbocycles. The van der Waals surface area contributed by atoms with Crippen molar-refractivity contribution in [1.29, 1.82) is 0 Å². The van der Waals surface area contributed by atoms with E-state index in [0.29, 0.717) is 38.9 Å². The molecule has 0 aromatic heterocycles. The molecule has 1 aromatic rings. The number of methoxy groups -OCH3 is 1. The Bertz CT molecular complexity index is 499. The number of aliphatic imine (C=N–C) groups is 1. The standard InChI is InChI=1S/C19H33N3O3.HI/c1-16(2)15-25-18-9-6-5-8-17(18)14-22-19(20-3)21-10-7-11-24-13-12-23-4;/h5-6,8-9,16H,7,10-15H2,1-4H3,(H2,20,21,22);1H. The molecule has 0 unspecified atom stereocenters. The van der Waals surface area contributed by atoms with Crippen LogP contribution in [-0.2, 0) is 16.0 Å². The molecule has 26 heavy (non-hydrogen) atoms. The predicted molar refractivity (Wildman–Crippen MR) is 118 cm³/mol. The van der Waals surface area contributed by atoms with Crippen molar-refractivity contribution in [3.05, 3.63) is 29.8 Å². The lowest BCUT2D eigenvalue weighted by Gasteiger charge is -2.15. The molecular formula is C19H34IN3O3. The second kappa shape index (κ2) is 16.1. The van der Waals surface area contributed by atoms with Crippen molar-refractivity contribution in [2.45, 2.75) is 26.8 Å². The average Bonchev–Trinajstić information content (AvgIpc) is 2.62. The van der Waals surface area contributed by atoms with Crippen LogP contribution < -0.4 is 15.4 Å². The number of halogens is 1. The molecule has 0 aliphatic rings. The van der Waals surface area contributed by atoms with Crippen LogP contribution in [0.4, 0.5) is 0 Å². The first-order valence-corrected chi connectivity index (χ1v) is 8.89. The summed E-state index contributed by atoms with van der Waals surface area (Å²) in [6.07, 6.45) is 0.915. The van der Waals surface area contributed by atoms with Gasteiger partial charge in [0.25, 0.3) is 0 Å². The average molecular weight is 479 g/mol. The van der Waals surface area contributed by atoms with Crippen molar-refractivity contribution in [3.63, 3.8) is 0 Å². The summed E-state index contributed by atoms with van der Waals surface area (Å²) in [5.74, 6) is 2.20. The van der Waals surface area contributed by atoms with Gasteiger partial charge in [-0.05, 0) is 18.4 Å². The summed E-state index contributed by atoms with van der Waals surface area (Å²) in [4.78, 5) is 4.25. The molecule has 2 N–H and O–H groups in total. The summed E-state index contributed by atoms with van der Waals surface area (Å²) in [7, 11) is 3.44.